The average molecular weight is 700 g/mol. The summed E-state index contributed by atoms with van der Waals surface area (Å²) in [5.41, 5.74) is 10.9. The Balaban J connectivity index is 1.14. The molecule has 2 heterocycles. The quantitative estimate of drug-likeness (QED) is 0.167. The van der Waals surface area contributed by atoms with Crippen molar-refractivity contribution < 1.29 is 0 Å². The smallest absolute Gasteiger partial charge is 0.160 e. The van der Waals surface area contributed by atoms with E-state index >= 15 is 0 Å². The Bertz CT molecular complexity index is 3160. The molecule has 0 N–H and O–H groups in total. The van der Waals surface area contributed by atoms with Crippen LogP contribution < -0.4 is 0 Å². The van der Waals surface area contributed by atoms with Gasteiger partial charge >= 0.3 is 0 Å². The number of aromatic nitrogens is 3. The number of rotatable bonds is 5. The molecule has 2 aromatic heterocycles. The largest absolute Gasteiger partial charge is 0.309 e. The van der Waals surface area contributed by atoms with Gasteiger partial charge < -0.3 is 4.57 Å². The molecular weight excluding hydrogens is 667 g/mol. The summed E-state index contributed by atoms with van der Waals surface area (Å²) in [5, 5.41) is 10.0. The van der Waals surface area contributed by atoms with Crippen molar-refractivity contribution in [1.82, 2.24) is 14.5 Å². The van der Waals surface area contributed by atoms with Crippen molar-refractivity contribution in [3.63, 3.8) is 0 Å². The van der Waals surface area contributed by atoms with E-state index in [4.69, 9.17) is 9.97 Å². The molecule has 11 rings (SSSR count). The lowest BCUT2D eigenvalue weighted by atomic mass is 9.88. The highest BCUT2D eigenvalue weighted by molar-refractivity contribution is 6.38. The Hall–Kier alpha value is -7.36. The number of hydrogen-bond acceptors (Lipinski definition) is 2. The lowest BCUT2D eigenvalue weighted by Gasteiger charge is -2.16. The fraction of sp³-hybridized carbons (Fsp3) is 0. The fourth-order valence-corrected chi connectivity index (χ4v) is 8.50. The van der Waals surface area contributed by atoms with E-state index < -0.39 is 0 Å². The summed E-state index contributed by atoms with van der Waals surface area (Å²) in [4.78, 5) is 10.2. The number of benzene rings is 9. The standard InChI is InChI=1S/C52H33N3/c1-4-16-35(17-5-1)46-33-47(36-18-6-2-7-19-36)54-52(53-46)37-30-28-34(29-31-37)44-32-45-40-23-11-13-25-42(40)51-50(49(45)41-24-12-10-22-39(41)44)43-26-14-15-27-48(43)55(51)38-20-8-3-9-21-38/h1-33H. The van der Waals surface area contributed by atoms with Crippen molar-refractivity contribution in [1.29, 1.82) is 0 Å². The van der Waals surface area contributed by atoms with Crippen LogP contribution in [0.15, 0.2) is 200 Å². The van der Waals surface area contributed by atoms with E-state index in [-0.39, 0.29) is 0 Å². The summed E-state index contributed by atoms with van der Waals surface area (Å²) in [6.45, 7) is 0. The molecule has 55 heavy (non-hydrogen) atoms. The van der Waals surface area contributed by atoms with Crippen LogP contribution in [0.25, 0.3) is 105 Å². The van der Waals surface area contributed by atoms with Crippen LogP contribution in [0, 0.1) is 0 Å². The van der Waals surface area contributed by atoms with Crippen LogP contribution in [0.5, 0.6) is 0 Å². The van der Waals surface area contributed by atoms with Gasteiger partial charge in [0.15, 0.2) is 5.82 Å². The number of nitrogens with zero attached hydrogens (tertiary/aromatic N) is 3. The Labute approximate surface area is 318 Å². The van der Waals surface area contributed by atoms with E-state index in [2.05, 4.69) is 193 Å². The fourth-order valence-electron chi connectivity index (χ4n) is 8.50. The minimum Gasteiger partial charge on any atom is -0.309 e. The lowest BCUT2D eigenvalue weighted by molar-refractivity contribution is 1.18. The molecule has 0 unspecified atom stereocenters. The maximum absolute atomic E-state index is 5.09. The Morgan fingerprint density at radius 3 is 1.49 bits per heavy atom. The molecule has 9 aromatic carbocycles. The van der Waals surface area contributed by atoms with Crippen LogP contribution in [-0.2, 0) is 0 Å². The maximum atomic E-state index is 5.09. The zero-order valence-corrected chi connectivity index (χ0v) is 29.9. The van der Waals surface area contributed by atoms with E-state index in [1.165, 1.54) is 59.7 Å². The molecule has 0 aliphatic rings. The first-order chi connectivity index (χ1) is 27.3. The zero-order valence-electron chi connectivity index (χ0n) is 29.9. The van der Waals surface area contributed by atoms with Crippen molar-refractivity contribution in [2.45, 2.75) is 0 Å². The predicted octanol–water partition coefficient (Wildman–Crippen LogP) is 13.7. The van der Waals surface area contributed by atoms with Crippen LogP contribution in [-0.4, -0.2) is 14.5 Å². The number of hydrogen-bond donors (Lipinski definition) is 0. The molecule has 0 bridgehead atoms. The van der Waals surface area contributed by atoms with Gasteiger partial charge in [0.1, 0.15) is 0 Å². The van der Waals surface area contributed by atoms with E-state index in [1.807, 2.05) is 12.1 Å². The molecule has 0 aliphatic carbocycles. The summed E-state index contributed by atoms with van der Waals surface area (Å²) < 4.78 is 2.45. The molecule has 0 atom stereocenters. The summed E-state index contributed by atoms with van der Waals surface area (Å²) in [6, 6.07) is 71.4. The lowest BCUT2D eigenvalue weighted by Crippen LogP contribution is -1.96. The molecule has 0 saturated heterocycles. The highest BCUT2D eigenvalue weighted by Gasteiger charge is 2.21. The first-order valence-electron chi connectivity index (χ1n) is 18.8. The van der Waals surface area contributed by atoms with E-state index in [0.717, 1.165) is 39.3 Å². The van der Waals surface area contributed by atoms with Crippen LogP contribution in [0.3, 0.4) is 0 Å². The molecule has 0 radical (unpaired) electrons. The first kappa shape index (κ1) is 31.2. The second kappa shape index (κ2) is 12.6. The van der Waals surface area contributed by atoms with Gasteiger partial charge in [-0.2, -0.15) is 0 Å². The average Bonchev–Trinajstić information content (AvgIpc) is 3.62. The third kappa shape index (κ3) is 5.05. The van der Waals surface area contributed by atoms with Gasteiger partial charge in [0.2, 0.25) is 0 Å². The van der Waals surface area contributed by atoms with Crippen molar-refractivity contribution in [3.05, 3.63) is 200 Å². The number of para-hydroxylation sites is 2. The van der Waals surface area contributed by atoms with Crippen LogP contribution in [0.1, 0.15) is 0 Å². The normalized spacial score (nSPS) is 11.6. The highest BCUT2D eigenvalue weighted by Crippen LogP contribution is 2.47. The first-order valence-corrected chi connectivity index (χ1v) is 18.8. The third-order valence-corrected chi connectivity index (χ3v) is 11.0. The molecule has 0 aliphatic heterocycles. The van der Waals surface area contributed by atoms with Gasteiger partial charge in [0.25, 0.3) is 0 Å². The molecule has 11 aromatic rings. The van der Waals surface area contributed by atoms with Gasteiger partial charge in [-0.3, -0.25) is 0 Å². The van der Waals surface area contributed by atoms with Gasteiger partial charge in [-0.1, -0.05) is 170 Å². The molecule has 0 spiro atoms. The monoisotopic (exact) mass is 699 g/mol. The molecule has 0 fully saturated rings. The molecule has 3 nitrogen and oxygen atoms in total. The van der Waals surface area contributed by atoms with Gasteiger partial charge in [0, 0.05) is 43.9 Å². The van der Waals surface area contributed by atoms with Crippen molar-refractivity contribution in [3.8, 4) is 50.7 Å². The second-order valence-electron chi connectivity index (χ2n) is 14.1. The number of fused-ring (bicyclic) bond motifs is 10. The van der Waals surface area contributed by atoms with Gasteiger partial charge in [-0.25, -0.2) is 9.97 Å². The highest BCUT2D eigenvalue weighted by atomic mass is 15.0. The molecule has 0 amide bonds. The zero-order chi connectivity index (χ0) is 36.3. The van der Waals surface area contributed by atoms with Crippen molar-refractivity contribution in [2.24, 2.45) is 0 Å². The van der Waals surface area contributed by atoms with Crippen molar-refractivity contribution in [2.75, 3.05) is 0 Å². The van der Waals surface area contributed by atoms with E-state index in [0.29, 0.717) is 5.82 Å². The van der Waals surface area contributed by atoms with E-state index in [1.54, 1.807) is 0 Å². The Morgan fingerprint density at radius 2 is 0.836 bits per heavy atom. The molecule has 3 heteroatoms. The molecule has 0 saturated carbocycles. The van der Waals surface area contributed by atoms with Crippen molar-refractivity contribution >= 4 is 54.1 Å². The minimum absolute atomic E-state index is 0.707. The Morgan fingerprint density at radius 1 is 0.327 bits per heavy atom. The summed E-state index contributed by atoms with van der Waals surface area (Å²) in [6.07, 6.45) is 0. The van der Waals surface area contributed by atoms with Crippen LogP contribution in [0.4, 0.5) is 0 Å². The molecule has 256 valence electrons. The Kier molecular flexibility index (Phi) is 7.17. The summed E-state index contributed by atoms with van der Waals surface area (Å²) in [7, 11) is 0. The van der Waals surface area contributed by atoms with Crippen LogP contribution in [0.2, 0.25) is 0 Å². The summed E-state index contributed by atoms with van der Waals surface area (Å²) in [5.74, 6) is 0.707. The topological polar surface area (TPSA) is 30.7 Å². The van der Waals surface area contributed by atoms with E-state index in [9.17, 15) is 0 Å². The van der Waals surface area contributed by atoms with Gasteiger partial charge in [-0.15, -0.1) is 0 Å². The van der Waals surface area contributed by atoms with Crippen LogP contribution >= 0.6 is 0 Å². The molecular formula is C52H33N3. The van der Waals surface area contributed by atoms with Gasteiger partial charge in [-0.05, 0) is 63.0 Å². The second-order valence-corrected chi connectivity index (χ2v) is 14.1. The SMILES string of the molecule is c1ccc(-c2cc(-c3ccccc3)nc(-c3ccc(-c4cc5c6ccccc6c6c(c7ccccc7n6-c6ccccc6)c5c5ccccc45)cc3)n2)cc1. The van der Waals surface area contributed by atoms with Gasteiger partial charge in [0.05, 0.1) is 22.4 Å². The summed E-state index contributed by atoms with van der Waals surface area (Å²) >= 11 is 0. The minimum atomic E-state index is 0.707. The third-order valence-electron chi connectivity index (χ3n) is 11.0. The maximum Gasteiger partial charge on any atom is 0.160 e. The predicted molar refractivity (Wildman–Crippen MR) is 231 cm³/mol.